The second-order valence-electron chi connectivity index (χ2n) is 8.27. The van der Waals surface area contributed by atoms with Crippen LogP contribution in [0.2, 0.25) is 0 Å². The van der Waals surface area contributed by atoms with Gasteiger partial charge in [0.1, 0.15) is 5.75 Å². The van der Waals surface area contributed by atoms with Crippen LogP contribution in [0.25, 0.3) is 0 Å². The Bertz CT molecular complexity index is 735. The predicted molar refractivity (Wildman–Crippen MR) is 119 cm³/mol. The minimum absolute atomic E-state index is 0.0145. The molecule has 1 fully saturated rings. The van der Waals surface area contributed by atoms with Crippen LogP contribution in [0.5, 0.6) is 5.75 Å². The van der Waals surface area contributed by atoms with E-state index >= 15 is 0 Å². The van der Waals surface area contributed by atoms with Crippen molar-refractivity contribution in [3.63, 3.8) is 0 Å². The van der Waals surface area contributed by atoms with Crippen molar-refractivity contribution in [1.29, 1.82) is 0 Å². The van der Waals surface area contributed by atoms with Crippen molar-refractivity contribution in [2.24, 2.45) is 5.92 Å². The quantitative estimate of drug-likeness (QED) is 0.659. The van der Waals surface area contributed by atoms with Gasteiger partial charge in [0.05, 0.1) is 13.2 Å². The monoisotopic (exact) mass is 396 g/mol. The lowest BCUT2D eigenvalue weighted by Gasteiger charge is -2.34. The highest BCUT2D eigenvalue weighted by atomic mass is 16.5. The summed E-state index contributed by atoms with van der Waals surface area (Å²) in [7, 11) is 2.24. The Balaban J connectivity index is 1.69. The number of hydrogen-bond acceptors (Lipinski definition) is 4. The molecule has 3 rings (SSSR count). The number of nitrogens with zero attached hydrogens (tertiary/aromatic N) is 2. The Labute approximate surface area is 176 Å². The zero-order chi connectivity index (χ0) is 20.5. The third-order valence-electron chi connectivity index (χ3n) is 5.80. The van der Waals surface area contributed by atoms with Crippen LogP contribution < -0.4 is 4.74 Å². The summed E-state index contributed by atoms with van der Waals surface area (Å²) in [6.45, 7) is 8.09. The lowest BCUT2D eigenvalue weighted by Crippen LogP contribution is -2.39. The highest BCUT2D eigenvalue weighted by Crippen LogP contribution is 2.23. The van der Waals surface area contributed by atoms with Gasteiger partial charge in [0.15, 0.2) is 0 Å². The zero-order valence-electron chi connectivity index (χ0n) is 18.0. The van der Waals surface area contributed by atoms with Crippen molar-refractivity contribution < 1.29 is 9.84 Å². The predicted octanol–water partition coefficient (Wildman–Crippen LogP) is 3.96. The molecule has 1 saturated heterocycles. The van der Waals surface area contributed by atoms with Crippen LogP contribution in [-0.2, 0) is 19.6 Å². The number of aliphatic hydroxyl groups is 1. The molecule has 1 aliphatic rings. The molecule has 0 aliphatic carbocycles. The molecule has 2 aromatic rings. The molecule has 4 heteroatoms. The van der Waals surface area contributed by atoms with E-state index in [1.165, 1.54) is 37.1 Å². The van der Waals surface area contributed by atoms with Crippen LogP contribution in [0.3, 0.4) is 0 Å². The number of likely N-dealkylation sites (tertiary alicyclic amines) is 1. The third kappa shape index (κ3) is 6.84. The van der Waals surface area contributed by atoms with E-state index in [-0.39, 0.29) is 6.61 Å². The summed E-state index contributed by atoms with van der Waals surface area (Å²) in [6, 6.07) is 17.0. The molecule has 2 aromatic carbocycles. The minimum Gasteiger partial charge on any atom is -0.494 e. The molecule has 0 spiro atoms. The molecular weight excluding hydrogens is 360 g/mol. The van der Waals surface area contributed by atoms with Crippen molar-refractivity contribution >= 4 is 0 Å². The Kier molecular flexibility index (Phi) is 8.53. The summed E-state index contributed by atoms with van der Waals surface area (Å²) in [5.74, 6) is 1.52. The average Bonchev–Trinajstić information content (AvgIpc) is 2.74. The first-order valence-corrected chi connectivity index (χ1v) is 11.0. The molecule has 4 nitrogen and oxygen atoms in total. The Hall–Kier alpha value is -1.88. The average molecular weight is 397 g/mol. The van der Waals surface area contributed by atoms with Crippen molar-refractivity contribution in [2.75, 3.05) is 39.8 Å². The fourth-order valence-corrected chi connectivity index (χ4v) is 4.36. The van der Waals surface area contributed by atoms with E-state index in [9.17, 15) is 5.11 Å². The molecule has 0 saturated carbocycles. The molecule has 0 amide bonds. The van der Waals surface area contributed by atoms with Gasteiger partial charge in [-0.05, 0) is 69.0 Å². The summed E-state index contributed by atoms with van der Waals surface area (Å²) >= 11 is 0. The molecule has 1 unspecified atom stereocenters. The normalized spacial score (nSPS) is 17.6. The minimum atomic E-state index is 0.0145. The summed E-state index contributed by atoms with van der Waals surface area (Å²) < 4.78 is 5.65. The smallest absolute Gasteiger partial charge is 0.124 e. The molecule has 0 radical (unpaired) electrons. The fourth-order valence-electron chi connectivity index (χ4n) is 4.36. The lowest BCUT2D eigenvalue weighted by atomic mass is 9.97. The van der Waals surface area contributed by atoms with Gasteiger partial charge >= 0.3 is 0 Å². The number of aliphatic hydroxyl groups excluding tert-OH is 1. The third-order valence-corrected chi connectivity index (χ3v) is 5.80. The molecule has 1 aliphatic heterocycles. The van der Waals surface area contributed by atoms with Gasteiger partial charge in [-0.2, -0.15) is 0 Å². The van der Waals surface area contributed by atoms with Crippen LogP contribution in [0.1, 0.15) is 36.5 Å². The topological polar surface area (TPSA) is 35.9 Å². The number of hydrogen-bond donors (Lipinski definition) is 1. The van der Waals surface area contributed by atoms with E-state index in [4.69, 9.17) is 4.74 Å². The maximum Gasteiger partial charge on any atom is 0.124 e. The molecule has 0 aromatic heterocycles. The van der Waals surface area contributed by atoms with Gasteiger partial charge in [0.2, 0.25) is 0 Å². The second kappa shape index (κ2) is 11.3. The molecule has 1 heterocycles. The van der Waals surface area contributed by atoms with Crippen molar-refractivity contribution in [1.82, 2.24) is 9.80 Å². The van der Waals surface area contributed by atoms with Gasteiger partial charge in [-0.3, -0.25) is 4.90 Å². The maximum absolute atomic E-state index is 9.75. The lowest BCUT2D eigenvalue weighted by molar-refractivity contribution is 0.148. The summed E-state index contributed by atoms with van der Waals surface area (Å²) in [5.41, 5.74) is 3.51. The highest BCUT2D eigenvalue weighted by Gasteiger charge is 2.20. The van der Waals surface area contributed by atoms with E-state index in [1.54, 1.807) is 0 Å². The van der Waals surface area contributed by atoms with Gasteiger partial charge in [-0.15, -0.1) is 0 Å². The first-order valence-electron chi connectivity index (χ1n) is 11.0. The first kappa shape index (κ1) is 21.8. The molecule has 1 N–H and O–H groups in total. The summed E-state index contributed by atoms with van der Waals surface area (Å²) in [4.78, 5) is 5.05. The van der Waals surface area contributed by atoms with E-state index < -0.39 is 0 Å². The van der Waals surface area contributed by atoms with Gasteiger partial charge in [-0.25, -0.2) is 0 Å². The largest absolute Gasteiger partial charge is 0.494 e. The van der Waals surface area contributed by atoms with E-state index in [2.05, 4.69) is 59.3 Å². The molecule has 158 valence electrons. The first-order chi connectivity index (χ1) is 14.2. The fraction of sp³-hybridized carbons (Fsp3) is 0.520. The van der Waals surface area contributed by atoms with Crippen LogP contribution in [0.4, 0.5) is 0 Å². The van der Waals surface area contributed by atoms with E-state index in [0.717, 1.165) is 43.3 Å². The second-order valence-corrected chi connectivity index (χ2v) is 8.27. The molecular formula is C25H36N2O2. The van der Waals surface area contributed by atoms with Crippen molar-refractivity contribution in [2.45, 2.75) is 39.3 Å². The van der Waals surface area contributed by atoms with Gasteiger partial charge in [0.25, 0.3) is 0 Å². The molecule has 0 bridgehead atoms. The molecule has 1 atom stereocenters. The van der Waals surface area contributed by atoms with Crippen LogP contribution in [0, 0.1) is 5.92 Å². The van der Waals surface area contributed by atoms with E-state index in [1.807, 2.05) is 13.0 Å². The van der Waals surface area contributed by atoms with Gasteiger partial charge in [-0.1, -0.05) is 36.4 Å². The van der Waals surface area contributed by atoms with Crippen LogP contribution in [0.15, 0.2) is 48.5 Å². The van der Waals surface area contributed by atoms with E-state index in [0.29, 0.717) is 6.61 Å². The van der Waals surface area contributed by atoms with Crippen molar-refractivity contribution in [3.8, 4) is 5.75 Å². The van der Waals surface area contributed by atoms with Crippen LogP contribution in [-0.4, -0.2) is 54.7 Å². The number of piperidine rings is 1. The van der Waals surface area contributed by atoms with Gasteiger partial charge in [0, 0.05) is 31.7 Å². The SMILES string of the molecule is CCOc1ccc(CN(CCc2ccccc2)CC2CCCN(C)C2)cc1CO. The Morgan fingerprint density at radius 2 is 1.97 bits per heavy atom. The zero-order valence-corrected chi connectivity index (χ0v) is 18.0. The summed E-state index contributed by atoms with van der Waals surface area (Å²) in [6.07, 6.45) is 3.68. The van der Waals surface area contributed by atoms with Gasteiger partial charge < -0.3 is 14.7 Å². The number of ether oxygens (including phenoxy) is 1. The standard InChI is InChI=1S/C25H36N2O2/c1-3-29-25-12-11-22(16-24(25)20-28)18-27(15-13-21-8-5-4-6-9-21)19-23-10-7-14-26(2)17-23/h4-6,8-9,11-12,16,23,28H,3,7,10,13-15,17-20H2,1-2H3. The Morgan fingerprint density at radius 1 is 1.14 bits per heavy atom. The maximum atomic E-state index is 9.75. The highest BCUT2D eigenvalue weighted by molar-refractivity contribution is 5.37. The molecule has 29 heavy (non-hydrogen) atoms. The number of benzene rings is 2. The Morgan fingerprint density at radius 3 is 2.69 bits per heavy atom. The van der Waals surface area contributed by atoms with Crippen LogP contribution >= 0.6 is 0 Å². The number of rotatable bonds is 10. The summed E-state index contributed by atoms with van der Waals surface area (Å²) in [5, 5.41) is 9.75. The van der Waals surface area contributed by atoms with Crippen molar-refractivity contribution in [3.05, 3.63) is 65.2 Å².